The van der Waals surface area contributed by atoms with Crippen LogP contribution in [0.5, 0.6) is 0 Å². The first-order valence-electron chi connectivity index (χ1n) is 5.28. The molecule has 0 aliphatic rings. The second-order valence-electron chi connectivity index (χ2n) is 4.00. The number of hydrogen-bond acceptors (Lipinski definition) is 5. The van der Waals surface area contributed by atoms with E-state index in [-0.39, 0.29) is 17.9 Å². The molecule has 0 aliphatic heterocycles. The Hall–Kier alpha value is -2.15. The van der Waals surface area contributed by atoms with Gasteiger partial charge in [0.15, 0.2) is 0 Å². The molecule has 0 aromatic heterocycles. The maximum atomic E-state index is 11.0. The van der Waals surface area contributed by atoms with Gasteiger partial charge in [0.2, 0.25) is 5.91 Å². The van der Waals surface area contributed by atoms with E-state index < -0.39 is 16.9 Å². The Morgan fingerprint density at radius 1 is 1.61 bits per heavy atom. The first-order chi connectivity index (χ1) is 8.32. The standard InChI is InChI=1S/C11H15N3O4/c1-7(15)8-3-4-9(10(5-8)14(17)18)13(2)6-11(12)16/h3-5,7,15H,6H2,1-2H3,(H2,12,16)/t7-/m0/s1. The number of benzene rings is 1. The van der Waals surface area contributed by atoms with E-state index in [4.69, 9.17) is 5.73 Å². The molecule has 3 N–H and O–H groups in total. The third-order valence-electron chi connectivity index (χ3n) is 2.48. The van der Waals surface area contributed by atoms with E-state index in [0.717, 1.165) is 0 Å². The maximum Gasteiger partial charge on any atom is 0.292 e. The van der Waals surface area contributed by atoms with Crippen LogP contribution in [0, 0.1) is 10.1 Å². The Bertz CT molecular complexity index is 473. The van der Waals surface area contributed by atoms with Crippen molar-refractivity contribution in [2.24, 2.45) is 5.73 Å². The Labute approximate surface area is 104 Å². The number of aliphatic hydroxyl groups excluding tert-OH is 1. The van der Waals surface area contributed by atoms with Gasteiger partial charge in [-0.1, -0.05) is 6.07 Å². The molecule has 98 valence electrons. The van der Waals surface area contributed by atoms with Crippen LogP contribution in [0.1, 0.15) is 18.6 Å². The van der Waals surface area contributed by atoms with Crippen LogP contribution < -0.4 is 10.6 Å². The van der Waals surface area contributed by atoms with Crippen LogP contribution in [0.15, 0.2) is 18.2 Å². The topological polar surface area (TPSA) is 110 Å². The van der Waals surface area contributed by atoms with Crippen molar-refractivity contribution in [3.05, 3.63) is 33.9 Å². The van der Waals surface area contributed by atoms with E-state index in [2.05, 4.69) is 0 Å². The van der Waals surface area contributed by atoms with Crippen LogP contribution in [-0.4, -0.2) is 29.5 Å². The minimum absolute atomic E-state index is 0.116. The second-order valence-corrected chi connectivity index (χ2v) is 4.00. The molecule has 1 aromatic rings. The van der Waals surface area contributed by atoms with Gasteiger partial charge in [-0.25, -0.2) is 0 Å². The van der Waals surface area contributed by atoms with E-state index in [0.29, 0.717) is 5.56 Å². The monoisotopic (exact) mass is 253 g/mol. The van der Waals surface area contributed by atoms with Crippen LogP contribution in [0.2, 0.25) is 0 Å². The van der Waals surface area contributed by atoms with Crippen LogP contribution in [0.4, 0.5) is 11.4 Å². The van der Waals surface area contributed by atoms with Crippen LogP contribution >= 0.6 is 0 Å². The summed E-state index contributed by atoms with van der Waals surface area (Å²) in [4.78, 5) is 22.6. The van der Waals surface area contributed by atoms with Crippen molar-refractivity contribution in [1.29, 1.82) is 0 Å². The zero-order valence-electron chi connectivity index (χ0n) is 10.2. The van der Waals surface area contributed by atoms with Gasteiger partial charge in [0.05, 0.1) is 17.6 Å². The second kappa shape index (κ2) is 5.46. The van der Waals surface area contributed by atoms with Crippen LogP contribution in [0.3, 0.4) is 0 Å². The lowest BCUT2D eigenvalue weighted by molar-refractivity contribution is -0.384. The molecule has 0 fully saturated rings. The van der Waals surface area contributed by atoms with Gasteiger partial charge in [-0.3, -0.25) is 14.9 Å². The molecular weight excluding hydrogens is 238 g/mol. The summed E-state index contributed by atoms with van der Waals surface area (Å²) in [5.41, 5.74) is 5.60. The van der Waals surface area contributed by atoms with E-state index in [1.807, 2.05) is 0 Å². The van der Waals surface area contributed by atoms with E-state index in [1.165, 1.54) is 31.0 Å². The molecule has 1 aromatic carbocycles. The molecule has 0 heterocycles. The van der Waals surface area contributed by atoms with Crippen molar-refractivity contribution in [2.75, 3.05) is 18.5 Å². The number of anilines is 1. The molecule has 0 unspecified atom stereocenters. The minimum Gasteiger partial charge on any atom is -0.389 e. The lowest BCUT2D eigenvalue weighted by atomic mass is 10.1. The van der Waals surface area contributed by atoms with Crippen molar-refractivity contribution in [3.8, 4) is 0 Å². The number of primary amides is 1. The molecule has 1 rings (SSSR count). The smallest absolute Gasteiger partial charge is 0.292 e. The summed E-state index contributed by atoms with van der Waals surface area (Å²) < 4.78 is 0. The molecule has 0 saturated heterocycles. The summed E-state index contributed by atoms with van der Waals surface area (Å²) in [6, 6.07) is 4.35. The van der Waals surface area contributed by atoms with E-state index in [9.17, 15) is 20.0 Å². The van der Waals surface area contributed by atoms with Gasteiger partial charge >= 0.3 is 0 Å². The zero-order chi connectivity index (χ0) is 13.9. The fourth-order valence-electron chi connectivity index (χ4n) is 1.59. The third-order valence-corrected chi connectivity index (χ3v) is 2.48. The largest absolute Gasteiger partial charge is 0.389 e. The molecule has 0 spiro atoms. The van der Waals surface area contributed by atoms with Crippen molar-refractivity contribution in [3.63, 3.8) is 0 Å². The number of carbonyl (C=O) groups excluding carboxylic acids is 1. The van der Waals surface area contributed by atoms with Gasteiger partial charge < -0.3 is 15.7 Å². The molecular formula is C11H15N3O4. The fraction of sp³-hybridized carbons (Fsp3) is 0.364. The summed E-state index contributed by atoms with van der Waals surface area (Å²) in [7, 11) is 1.54. The minimum atomic E-state index is -0.792. The van der Waals surface area contributed by atoms with Gasteiger partial charge in [0.1, 0.15) is 5.69 Å². The van der Waals surface area contributed by atoms with E-state index >= 15 is 0 Å². The number of nitrogens with two attached hydrogens (primary N) is 1. The Kier molecular flexibility index (Phi) is 4.22. The van der Waals surface area contributed by atoms with Gasteiger partial charge in [0, 0.05) is 13.1 Å². The quantitative estimate of drug-likeness (QED) is 0.588. The summed E-state index contributed by atoms with van der Waals surface area (Å²) in [6.45, 7) is 1.40. The summed E-state index contributed by atoms with van der Waals surface area (Å²) >= 11 is 0. The molecule has 0 radical (unpaired) electrons. The van der Waals surface area contributed by atoms with Gasteiger partial charge in [-0.15, -0.1) is 0 Å². The summed E-state index contributed by atoms with van der Waals surface area (Å²) in [5.74, 6) is -0.577. The summed E-state index contributed by atoms with van der Waals surface area (Å²) in [5, 5.41) is 20.4. The zero-order valence-corrected chi connectivity index (χ0v) is 10.2. The summed E-state index contributed by atoms with van der Waals surface area (Å²) in [6.07, 6.45) is -0.792. The molecule has 0 bridgehead atoms. The Balaban J connectivity index is 3.19. The third kappa shape index (κ3) is 3.17. The number of likely N-dealkylation sites (N-methyl/N-ethyl adjacent to an activating group) is 1. The highest BCUT2D eigenvalue weighted by molar-refractivity contribution is 5.80. The number of hydrogen-bond donors (Lipinski definition) is 2. The predicted octanol–water partition coefficient (Wildman–Crippen LogP) is 0.570. The molecule has 18 heavy (non-hydrogen) atoms. The first-order valence-corrected chi connectivity index (χ1v) is 5.28. The maximum absolute atomic E-state index is 11.0. The van der Waals surface area contributed by atoms with Crippen molar-refractivity contribution >= 4 is 17.3 Å². The number of nitrogens with zero attached hydrogens (tertiary/aromatic N) is 2. The number of amides is 1. The normalized spacial score (nSPS) is 11.9. The first kappa shape index (κ1) is 13.9. The highest BCUT2D eigenvalue weighted by Gasteiger charge is 2.19. The lowest BCUT2D eigenvalue weighted by Crippen LogP contribution is -2.30. The average Bonchev–Trinajstić information content (AvgIpc) is 2.26. The fourth-order valence-corrected chi connectivity index (χ4v) is 1.59. The number of nitro groups is 1. The Morgan fingerprint density at radius 3 is 2.67 bits per heavy atom. The number of rotatable bonds is 5. The Morgan fingerprint density at radius 2 is 2.22 bits per heavy atom. The van der Waals surface area contributed by atoms with Crippen LogP contribution in [-0.2, 0) is 4.79 Å². The average molecular weight is 253 g/mol. The van der Waals surface area contributed by atoms with Crippen LogP contribution in [0.25, 0.3) is 0 Å². The molecule has 7 nitrogen and oxygen atoms in total. The lowest BCUT2D eigenvalue weighted by Gasteiger charge is -2.18. The van der Waals surface area contributed by atoms with Crippen molar-refractivity contribution in [1.82, 2.24) is 0 Å². The van der Waals surface area contributed by atoms with Gasteiger partial charge in [0.25, 0.3) is 5.69 Å². The molecule has 0 saturated carbocycles. The highest BCUT2D eigenvalue weighted by Crippen LogP contribution is 2.30. The number of nitro benzene ring substituents is 1. The van der Waals surface area contributed by atoms with Gasteiger partial charge in [-0.05, 0) is 18.6 Å². The molecule has 0 aliphatic carbocycles. The highest BCUT2D eigenvalue weighted by atomic mass is 16.6. The SMILES string of the molecule is C[C@H](O)c1ccc(N(C)CC(N)=O)c([N+](=O)[O-])c1. The van der Waals surface area contributed by atoms with Crippen molar-refractivity contribution in [2.45, 2.75) is 13.0 Å². The predicted molar refractivity (Wildman–Crippen MR) is 66.2 cm³/mol. The molecule has 1 amide bonds. The molecule has 1 atom stereocenters. The van der Waals surface area contributed by atoms with Crippen molar-refractivity contribution < 1.29 is 14.8 Å². The molecule has 7 heteroatoms. The number of carbonyl (C=O) groups is 1. The number of aliphatic hydroxyl groups is 1. The van der Waals surface area contributed by atoms with E-state index in [1.54, 1.807) is 6.07 Å². The van der Waals surface area contributed by atoms with Gasteiger partial charge in [-0.2, -0.15) is 0 Å².